The van der Waals surface area contributed by atoms with Gasteiger partial charge in [0.1, 0.15) is 0 Å². The number of benzene rings is 1. The second kappa shape index (κ2) is 5.71. The van der Waals surface area contributed by atoms with E-state index in [-0.39, 0.29) is 15.5 Å². The first kappa shape index (κ1) is 15.0. The Kier molecular flexibility index (Phi) is 4.76. The Morgan fingerprint density at radius 2 is 2.00 bits per heavy atom. The Bertz CT molecular complexity index is 567. The minimum absolute atomic E-state index is 0.0221. The van der Waals surface area contributed by atoms with Crippen LogP contribution in [0.1, 0.15) is 35.7 Å². The molecule has 0 radical (unpaired) electrons. The predicted molar refractivity (Wildman–Crippen MR) is 71.7 cm³/mol. The fraction of sp³-hybridized carbons (Fsp3) is 0.417. The molecule has 100 valence electrons. The van der Waals surface area contributed by atoms with Crippen LogP contribution in [0, 0.1) is 0 Å². The van der Waals surface area contributed by atoms with Gasteiger partial charge >= 0.3 is 0 Å². The monoisotopic (exact) mass is 289 g/mol. The van der Waals surface area contributed by atoms with Crippen molar-refractivity contribution in [2.75, 3.05) is 6.26 Å². The minimum atomic E-state index is -3.49. The molecule has 1 aromatic rings. The van der Waals surface area contributed by atoms with Crippen molar-refractivity contribution in [1.82, 2.24) is 0 Å². The number of hydrogen-bond donors (Lipinski definition) is 1. The number of unbranched alkanes of at least 4 members (excludes halogenated alkanes) is 1. The molecule has 0 bridgehead atoms. The van der Waals surface area contributed by atoms with Crippen molar-refractivity contribution in [1.29, 1.82) is 0 Å². The number of sulfone groups is 1. The van der Waals surface area contributed by atoms with Crippen molar-refractivity contribution in [3.63, 3.8) is 0 Å². The van der Waals surface area contributed by atoms with Gasteiger partial charge < -0.3 is 5.73 Å². The van der Waals surface area contributed by atoms with Gasteiger partial charge in [0.05, 0.1) is 15.5 Å². The van der Waals surface area contributed by atoms with E-state index in [1.165, 1.54) is 6.07 Å². The van der Waals surface area contributed by atoms with Crippen molar-refractivity contribution in [3.05, 3.63) is 28.3 Å². The molecule has 0 aliphatic carbocycles. The number of carbonyl (C=O) groups is 1. The van der Waals surface area contributed by atoms with Crippen LogP contribution >= 0.6 is 11.6 Å². The maximum atomic E-state index is 11.8. The van der Waals surface area contributed by atoms with Gasteiger partial charge in [0.2, 0.25) is 5.91 Å². The highest BCUT2D eigenvalue weighted by atomic mass is 35.5. The van der Waals surface area contributed by atoms with Crippen molar-refractivity contribution >= 4 is 27.3 Å². The Hall–Kier alpha value is -1.07. The molecule has 0 aliphatic rings. The Morgan fingerprint density at radius 3 is 2.44 bits per heavy atom. The number of halogens is 1. The quantitative estimate of drug-likeness (QED) is 0.902. The molecular weight excluding hydrogens is 274 g/mol. The van der Waals surface area contributed by atoms with E-state index in [4.69, 9.17) is 17.3 Å². The summed E-state index contributed by atoms with van der Waals surface area (Å²) in [5, 5.41) is -0.0707. The lowest BCUT2D eigenvalue weighted by molar-refractivity contribution is 0.1000. The number of hydrogen-bond acceptors (Lipinski definition) is 3. The van der Waals surface area contributed by atoms with Gasteiger partial charge in [-0.1, -0.05) is 31.0 Å². The summed E-state index contributed by atoms with van der Waals surface area (Å²) in [5.74, 6) is -0.730. The minimum Gasteiger partial charge on any atom is -0.366 e. The standard InChI is InChI=1S/C12H16ClNO3S/c1-3-4-5-8-6-7-9(12(14)15)10(13)11(8)18(2,16)17/h6-7H,3-5H2,1-2H3,(H2,14,15). The van der Waals surface area contributed by atoms with E-state index in [9.17, 15) is 13.2 Å². The zero-order valence-corrected chi connectivity index (χ0v) is 11.9. The third-order valence-electron chi connectivity index (χ3n) is 2.61. The molecule has 4 nitrogen and oxygen atoms in total. The van der Waals surface area contributed by atoms with Crippen LogP contribution < -0.4 is 5.73 Å². The number of primary amides is 1. The summed E-state index contributed by atoms with van der Waals surface area (Å²) in [6, 6.07) is 3.09. The van der Waals surface area contributed by atoms with Gasteiger partial charge in [-0.2, -0.15) is 0 Å². The van der Waals surface area contributed by atoms with Crippen LogP contribution in [0.25, 0.3) is 0 Å². The number of aryl methyl sites for hydroxylation is 1. The molecule has 1 aromatic carbocycles. The second-order valence-corrected chi connectivity index (χ2v) is 6.49. The Morgan fingerprint density at radius 1 is 1.39 bits per heavy atom. The van der Waals surface area contributed by atoms with Crippen LogP contribution in [0.2, 0.25) is 5.02 Å². The molecular formula is C12H16ClNO3S. The van der Waals surface area contributed by atoms with Gasteiger partial charge in [-0.25, -0.2) is 8.42 Å². The Balaban J connectivity index is 3.47. The zero-order valence-electron chi connectivity index (χ0n) is 10.4. The largest absolute Gasteiger partial charge is 0.366 e. The molecule has 0 spiro atoms. The van der Waals surface area contributed by atoms with Crippen LogP contribution in [-0.4, -0.2) is 20.6 Å². The van der Waals surface area contributed by atoms with Crippen molar-refractivity contribution < 1.29 is 13.2 Å². The summed E-state index contributed by atoms with van der Waals surface area (Å²) in [6.45, 7) is 2.01. The predicted octanol–water partition coefficient (Wildman–Crippen LogP) is 2.19. The van der Waals surface area contributed by atoms with Gasteiger partial charge in [0, 0.05) is 6.26 Å². The highest BCUT2D eigenvalue weighted by Gasteiger charge is 2.21. The van der Waals surface area contributed by atoms with E-state index in [2.05, 4.69) is 0 Å². The third-order valence-corrected chi connectivity index (χ3v) is 4.33. The lowest BCUT2D eigenvalue weighted by Gasteiger charge is -2.12. The van der Waals surface area contributed by atoms with Crippen LogP contribution in [0.5, 0.6) is 0 Å². The van der Waals surface area contributed by atoms with Crippen molar-refractivity contribution in [3.8, 4) is 0 Å². The molecule has 2 N–H and O–H groups in total. The summed E-state index contributed by atoms with van der Waals surface area (Å²) < 4.78 is 23.6. The molecule has 0 aliphatic heterocycles. The normalized spacial score (nSPS) is 11.5. The summed E-state index contributed by atoms with van der Waals surface area (Å²) in [4.78, 5) is 11.2. The number of rotatable bonds is 5. The first-order valence-corrected chi connectivity index (χ1v) is 7.87. The van der Waals surface area contributed by atoms with Gasteiger partial charge in [-0.15, -0.1) is 0 Å². The molecule has 6 heteroatoms. The van der Waals surface area contributed by atoms with E-state index < -0.39 is 15.7 Å². The molecule has 0 saturated heterocycles. The molecule has 1 amide bonds. The third kappa shape index (κ3) is 3.23. The molecule has 0 unspecified atom stereocenters. The number of carbonyl (C=O) groups excluding carboxylic acids is 1. The summed E-state index contributed by atoms with van der Waals surface area (Å²) in [5.41, 5.74) is 5.83. The van der Waals surface area contributed by atoms with Crippen LogP contribution in [0.15, 0.2) is 17.0 Å². The first-order valence-electron chi connectivity index (χ1n) is 5.60. The SMILES string of the molecule is CCCCc1ccc(C(N)=O)c(Cl)c1S(C)(=O)=O. The summed E-state index contributed by atoms with van der Waals surface area (Å²) in [7, 11) is -3.49. The smallest absolute Gasteiger partial charge is 0.250 e. The van der Waals surface area contributed by atoms with Gasteiger partial charge in [-0.05, 0) is 24.5 Å². The van der Waals surface area contributed by atoms with E-state index in [1.54, 1.807) is 6.07 Å². The average Bonchev–Trinajstić information content (AvgIpc) is 2.23. The lowest BCUT2D eigenvalue weighted by Crippen LogP contribution is -2.14. The molecule has 0 fully saturated rings. The Labute approximate surface area is 112 Å². The number of nitrogens with two attached hydrogens (primary N) is 1. The highest BCUT2D eigenvalue weighted by Crippen LogP contribution is 2.30. The molecule has 0 atom stereocenters. The van der Waals surface area contributed by atoms with Crippen LogP contribution in [0.4, 0.5) is 0 Å². The zero-order chi connectivity index (χ0) is 13.9. The van der Waals surface area contributed by atoms with E-state index in [0.717, 1.165) is 19.1 Å². The van der Waals surface area contributed by atoms with Crippen molar-refractivity contribution in [2.45, 2.75) is 31.1 Å². The molecule has 0 heterocycles. The fourth-order valence-electron chi connectivity index (χ4n) is 1.75. The lowest BCUT2D eigenvalue weighted by atomic mass is 10.1. The van der Waals surface area contributed by atoms with E-state index >= 15 is 0 Å². The van der Waals surface area contributed by atoms with Gasteiger partial charge in [-0.3, -0.25) is 4.79 Å². The maximum absolute atomic E-state index is 11.8. The maximum Gasteiger partial charge on any atom is 0.250 e. The molecule has 18 heavy (non-hydrogen) atoms. The topological polar surface area (TPSA) is 77.2 Å². The summed E-state index contributed by atoms with van der Waals surface area (Å²) in [6.07, 6.45) is 3.49. The summed E-state index contributed by atoms with van der Waals surface area (Å²) >= 11 is 5.99. The van der Waals surface area contributed by atoms with Crippen LogP contribution in [0.3, 0.4) is 0 Å². The molecule has 0 saturated carbocycles. The van der Waals surface area contributed by atoms with Gasteiger partial charge in [0.15, 0.2) is 9.84 Å². The average molecular weight is 290 g/mol. The van der Waals surface area contributed by atoms with Crippen molar-refractivity contribution in [2.24, 2.45) is 5.73 Å². The van der Waals surface area contributed by atoms with E-state index in [1.807, 2.05) is 6.92 Å². The first-order chi connectivity index (χ1) is 8.29. The highest BCUT2D eigenvalue weighted by molar-refractivity contribution is 7.90. The number of amides is 1. The fourth-order valence-corrected chi connectivity index (χ4v) is 3.53. The van der Waals surface area contributed by atoms with Gasteiger partial charge in [0.25, 0.3) is 0 Å². The van der Waals surface area contributed by atoms with Crippen LogP contribution in [-0.2, 0) is 16.3 Å². The molecule has 1 rings (SSSR count). The molecule has 0 aromatic heterocycles. The van der Waals surface area contributed by atoms with E-state index in [0.29, 0.717) is 12.0 Å². The second-order valence-electron chi connectivity index (χ2n) is 4.16.